The molecule has 0 bridgehead atoms. The number of ether oxygens (including phenoxy) is 1. The number of hydrogen-bond acceptors (Lipinski definition) is 14. The lowest BCUT2D eigenvalue weighted by atomic mass is 10.1. The van der Waals surface area contributed by atoms with E-state index >= 15 is 0 Å². The fourth-order valence-electron chi connectivity index (χ4n) is 3.32. The molecule has 2 fully saturated rings. The molecule has 19 nitrogen and oxygen atoms in total. The lowest BCUT2D eigenvalue weighted by Gasteiger charge is -2.34. The van der Waals surface area contributed by atoms with Gasteiger partial charge in [-0.15, -0.1) is 0 Å². The van der Waals surface area contributed by atoms with Gasteiger partial charge in [0.25, 0.3) is 0 Å². The fraction of sp³-hybridized carbons (Fsp3) is 0.900. The molecule has 3 heterocycles. The predicted octanol–water partition coefficient (Wildman–Crippen LogP) is -5.13. The van der Waals surface area contributed by atoms with Crippen LogP contribution in [0.15, 0.2) is 0 Å². The van der Waals surface area contributed by atoms with Crippen LogP contribution in [0.25, 0.3) is 0 Å². The van der Waals surface area contributed by atoms with E-state index in [-0.39, 0.29) is 0 Å². The smallest absolute Gasteiger partial charge is 0.387 e. The van der Waals surface area contributed by atoms with E-state index in [0.29, 0.717) is 0 Å². The van der Waals surface area contributed by atoms with Crippen molar-refractivity contribution in [3.63, 3.8) is 0 Å². The third-order valence-corrected chi connectivity index (χ3v) is 8.37. The maximum Gasteiger partial charge on any atom is 0.490 e. The van der Waals surface area contributed by atoms with Gasteiger partial charge in [0, 0.05) is 0 Å². The molecule has 3 aliphatic rings. The molecule has 3 aliphatic heterocycles. The number of aliphatic hydroxyl groups excluding tert-OH is 3. The number of phosphoric acid groups is 3. The van der Waals surface area contributed by atoms with Crippen LogP contribution in [0, 0.1) is 0 Å². The maximum atomic E-state index is 11.8. The first kappa shape index (κ1) is 26.2. The fourth-order valence-corrected chi connectivity index (χ4v) is 6.35. The minimum absolute atomic E-state index is 0.614. The molecule has 0 aromatic carbocycles. The molecule has 0 amide bonds. The van der Waals surface area contributed by atoms with Gasteiger partial charge in [0.2, 0.25) is 12.6 Å². The van der Waals surface area contributed by atoms with Gasteiger partial charge in [-0.2, -0.15) is 8.62 Å². The van der Waals surface area contributed by atoms with Crippen LogP contribution in [-0.2, 0) is 31.6 Å². The molecule has 186 valence electrons. The Morgan fingerprint density at radius 2 is 1.66 bits per heavy atom. The Kier molecular flexibility index (Phi) is 7.64. The molecular weight excluding hydrogens is 507 g/mol. The first-order chi connectivity index (χ1) is 14.6. The summed E-state index contributed by atoms with van der Waals surface area (Å²) in [6.45, 7) is -0.953. The second-order valence-electron chi connectivity index (χ2n) is 6.90. The van der Waals surface area contributed by atoms with E-state index in [4.69, 9.17) is 25.2 Å². The van der Waals surface area contributed by atoms with Gasteiger partial charge in [-0.1, -0.05) is 0 Å². The largest absolute Gasteiger partial charge is 0.490 e. The van der Waals surface area contributed by atoms with Gasteiger partial charge in [0.15, 0.2) is 18.4 Å². The predicted molar refractivity (Wildman–Crippen MR) is 97.8 cm³/mol. The normalized spacial score (nSPS) is 41.3. The van der Waals surface area contributed by atoms with Crippen LogP contribution in [0.4, 0.5) is 0 Å². The van der Waals surface area contributed by atoms with Crippen molar-refractivity contribution >= 4 is 29.8 Å². The molecule has 0 saturated carbocycles. The highest BCUT2D eigenvalue weighted by molar-refractivity contribution is 7.66. The number of rotatable bonds is 8. The number of nitrogens with one attached hydrogen (secondary N) is 3. The Labute approximate surface area is 179 Å². The topological polar surface area (TPSA) is 295 Å². The molecule has 12 N–H and O–H groups in total. The summed E-state index contributed by atoms with van der Waals surface area (Å²) in [5.41, 5.74) is 5.72. The quantitative estimate of drug-likeness (QED) is 0.103. The van der Waals surface area contributed by atoms with Crippen molar-refractivity contribution < 1.29 is 71.0 Å². The van der Waals surface area contributed by atoms with Crippen LogP contribution >= 0.6 is 23.5 Å². The van der Waals surface area contributed by atoms with Gasteiger partial charge in [-0.05, 0) is 0 Å². The van der Waals surface area contributed by atoms with E-state index in [9.17, 15) is 33.9 Å². The third-order valence-electron chi connectivity index (χ3n) is 4.57. The van der Waals surface area contributed by atoms with Crippen molar-refractivity contribution in [3.8, 4) is 0 Å². The summed E-state index contributed by atoms with van der Waals surface area (Å²) in [7, 11) is -16.7. The zero-order valence-electron chi connectivity index (χ0n) is 15.8. The Bertz CT molecular complexity index is 885. The Balaban J connectivity index is 1.62. The highest BCUT2D eigenvalue weighted by atomic mass is 31.3. The Morgan fingerprint density at radius 3 is 2.28 bits per heavy atom. The average Bonchev–Trinajstić information content (AvgIpc) is 3.12. The number of nitrogens with zero attached hydrogens (tertiary/aromatic N) is 1. The number of aliphatic hydroxyl groups is 3. The second-order valence-corrected chi connectivity index (χ2v) is 11.3. The highest BCUT2D eigenvalue weighted by Gasteiger charge is 2.54. The van der Waals surface area contributed by atoms with E-state index in [2.05, 4.69) is 29.1 Å². The minimum Gasteiger partial charge on any atom is -0.387 e. The van der Waals surface area contributed by atoms with E-state index in [0.717, 1.165) is 0 Å². The summed E-state index contributed by atoms with van der Waals surface area (Å²) in [6, 6.07) is -0.614. The molecule has 0 spiro atoms. The average molecular weight is 530 g/mol. The van der Waals surface area contributed by atoms with Gasteiger partial charge in [0.1, 0.15) is 24.6 Å². The second kappa shape index (κ2) is 9.33. The molecule has 22 heteroatoms. The number of hydrogen-bond donors (Lipinski definition) is 11. The van der Waals surface area contributed by atoms with Crippen LogP contribution in [0.5, 0.6) is 0 Å². The number of fused-ring (bicyclic) bond motifs is 1. The van der Waals surface area contributed by atoms with Gasteiger partial charge in [-0.25, -0.2) is 23.6 Å². The van der Waals surface area contributed by atoms with Crippen molar-refractivity contribution in [2.24, 2.45) is 5.73 Å². The Hall–Kier alpha value is -0.400. The van der Waals surface area contributed by atoms with Crippen LogP contribution in [0.1, 0.15) is 0 Å². The zero-order valence-corrected chi connectivity index (χ0v) is 18.4. The standard InChI is InChI=1S/C10H22N5O14P3/c11-10-13-7-4(8(18)14-10)12-2-15(7)9-6(17)5(16)3(27-9)1-26-31(22,23)29-32(24,25)28-30(19,20)21/h2-10,13-14,16-18H,1,11H2,(H4,19,20,21,22,23,24,25)/p+1/t3-,4-,5-,6-,7+,8+,9-,10+/m1/s1. The number of phosphoric ester groups is 1. The number of nitrogens with two attached hydrogens (primary N) is 1. The van der Waals surface area contributed by atoms with Crippen molar-refractivity contribution in [2.45, 2.75) is 49.3 Å². The van der Waals surface area contributed by atoms with E-state index < -0.39 is 79.3 Å². The molecule has 0 aliphatic carbocycles. The maximum absolute atomic E-state index is 11.8. The van der Waals surface area contributed by atoms with E-state index in [1.54, 1.807) is 0 Å². The summed E-state index contributed by atoms with van der Waals surface area (Å²) in [6.07, 6.45) is -7.15. The molecule has 32 heavy (non-hydrogen) atoms. The first-order valence-electron chi connectivity index (χ1n) is 8.71. The molecule has 2 saturated heterocycles. The van der Waals surface area contributed by atoms with E-state index in [1.165, 1.54) is 10.9 Å². The molecule has 0 aromatic heterocycles. The minimum atomic E-state index is -5.71. The lowest BCUT2D eigenvalue weighted by molar-refractivity contribution is -0.647. The molecule has 0 aromatic rings. The summed E-state index contributed by atoms with van der Waals surface area (Å²) in [5, 5.41) is 38.9. The van der Waals surface area contributed by atoms with Gasteiger partial charge in [0.05, 0.1) is 6.61 Å². The molecule has 3 rings (SSSR count). The van der Waals surface area contributed by atoms with Crippen molar-refractivity contribution in [2.75, 3.05) is 6.61 Å². The molecule has 0 radical (unpaired) electrons. The highest BCUT2D eigenvalue weighted by Crippen LogP contribution is 2.66. The van der Waals surface area contributed by atoms with Gasteiger partial charge < -0.3 is 45.4 Å². The summed E-state index contributed by atoms with van der Waals surface area (Å²) in [4.78, 5) is 35.7. The van der Waals surface area contributed by atoms with Crippen LogP contribution in [-0.4, -0.2) is 102 Å². The van der Waals surface area contributed by atoms with E-state index in [1.807, 2.05) is 0 Å². The van der Waals surface area contributed by atoms with Crippen LogP contribution < -0.4 is 21.7 Å². The zero-order chi connectivity index (χ0) is 24.1. The summed E-state index contributed by atoms with van der Waals surface area (Å²) >= 11 is 0. The SMILES string of the molecule is N[C@@H]1N[C@@H](O)[C@@H]2NC=[N+]([C@@H]3O[C@H](COP(=O)(O)OP(=O)(O)OP(=O)(O)O)[C@@H](O)[C@H]3O)[C@@H]2N1. The van der Waals surface area contributed by atoms with Crippen LogP contribution in [0.3, 0.4) is 0 Å². The monoisotopic (exact) mass is 530 g/mol. The first-order valence-corrected chi connectivity index (χ1v) is 13.2. The Morgan fingerprint density at radius 1 is 1.00 bits per heavy atom. The summed E-state index contributed by atoms with van der Waals surface area (Å²) in [5.74, 6) is 0. The lowest BCUT2D eigenvalue weighted by Crippen LogP contribution is -2.72. The molecule has 10 atom stereocenters. The van der Waals surface area contributed by atoms with Crippen molar-refractivity contribution in [1.82, 2.24) is 16.0 Å². The van der Waals surface area contributed by atoms with Crippen molar-refractivity contribution in [1.29, 1.82) is 0 Å². The van der Waals surface area contributed by atoms with Gasteiger partial charge >= 0.3 is 23.5 Å². The van der Waals surface area contributed by atoms with Gasteiger partial charge in [-0.3, -0.25) is 15.2 Å². The van der Waals surface area contributed by atoms with Crippen molar-refractivity contribution in [3.05, 3.63) is 0 Å². The molecular formula is C10H23N5O14P3+. The summed E-state index contributed by atoms with van der Waals surface area (Å²) < 4.78 is 52.2. The van der Waals surface area contributed by atoms with Crippen LogP contribution in [0.2, 0.25) is 0 Å². The third kappa shape index (κ3) is 6.18. The molecule has 2 unspecified atom stereocenters.